The van der Waals surface area contributed by atoms with Crippen LogP contribution in [0.25, 0.3) is 16.8 Å². The van der Waals surface area contributed by atoms with E-state index in [1.54, 1.807) is 21.5 Å². The van der Waals surface area contributed by atoms with Gasteiger partial charge in [0.05, 0.1) is 22.2 Å². The zero-order valence-electron chi connectivity index (χ0n) is 41.1. The van der Waals surface area contributed by atoms with Crippen LogP contribution in [0.1, 0.15) is 120 Å². The molecule has 5 aromatic rings. The fourth-order valence-electron chi connectivity index (χ4n) is 11.0. The Morgan fingerprint density at radius 3 is 1.72 bits per heavy atom. The molecule has 1 N–H and O–H groups in total. The highest BCUT2D eigenvalue weighted by Crippen LogP contribution is 2.60. The summed E-state index contributed by atoms with van der Waals surface area (Å²) < 4.78 is 96.6. The molecule has 368 valence electrons. The minimum Gasteiger partial charge on any atom is -0.459 e. The lowest BCUT2D eigenvalue weighted by Gasteiger charge is -2.31. The first-order valence-electron chi connectivity index (χ1n) is 24.3. The van der Waals surface area contributed by atoms with Gasteiger partial charge in [0.2, 0.25) is 0 Å². The van der Waals surface area contributed by atoms with E-state index in [0.717, 1.165) is 71.9 Å². The maximum absolute atomic E-state index is 15.1. The third-order valence-electron chi connectivity index (χ3n) is 15.0. The molecule has 1 atom stereocenters. The molecule has 2 fully saturated rings. The fraction of sp³-hybridized carbons (Fsp3) is 0.500. The molecule has 69 heavy (non-hydrogen) atoms. The molecule has 5 heterocycles. The molecule has 2 aliphatic heterocycles. The number of fused-ring (bicyclic) bond motifs is 1. The average Bonchev–Trinajstić information content (AvgIpc) is 4.05. The molecular formula is C54H63F6N7O2. The number of aromatic amines is 1. The largest absolute Gasteiger partial charge is 0.459 e. The van der Waals surface area contributed by atoms with Gasteiger partial charge in [-0.1, -0.05) is 30.3 Å². The number of hydrogen-bond donors (Lipinski definition) is 1. The number of esters is 1. The summed E-state index contributed by atoms with van der Waals surface area (Å²) in [6.07, 6.45) is 5.14. The number of aryl methyl sites for hydroxylation is 4. The third kappa shape index (κ3) is 8.70. The first-order chi connectivity index (χ1) is 32.5. The molecule has 2 saturated carbocycles. The molecule has 10 rings (SSSR count). The van der Waals surface area contributed by atoms with E-state index < -0.39 is 34.2 Å². The molecule has 0 radical (unpaired) electrons. The molecule has 0 amide bonds. The van der Waals surface area contributed by atoms with Gasteiger partial charge < -0.3 is 19.5 Å². The number of anilines is 2. The Morgan fingerprint density at radius 1 is 0.739 bits per heavy atom. The first-order valence-corrected chi connectivity index (χ1v) is 24.3. The third-order valence-corrected chi connectivity index (χ3v) is 15.0. The van der Waals surface area contributed by atoms with Crippen LogP contribution in [0.3, 0.4) is 0 Å². The van der Waals surface area contributed by atoms with Gasteiger partial charge in [0.15, 0.2) is 11.6 Å². The number of H-pyrrole nitrogens is 1. The van der Waals surface area contributed by atoms with Crippen LogP contribution in [0.2, 0.25) is 0 Å². The van der Waals surface area contributed by atoms with E-state index in [1.807, 2.05) is 84.9 Å². The lowest BCUT2D eigenvalue weighted by atomic mass is 9.86. The van der Waals surface area contributed by atoms with Crippen LogP contribution in [0.4, 0.5) is 38.0 Å². The van der Waals surface area contributed by atoms with E-state index in [9.17, 15) is 26.7 Å². The van der Waals surface area contributed by atoms with Crippen LogP contribution in [-0.2, 0) is 46.4 Å². The van der Waals surface area contributed by atoms with Gasteiger partial charge in [0.25, 0.3) is 11.8 Å². The zero-order chi connectivity index (χ0) is 49.6. The number of alkyl halides is 4. The number of nitrogens with one attached hydrogen (secondary N) is 1. The highest BCUT2D eigenvalue weighted by Gasteiger charge is 2.63. The van der Waals surface area contributed by atoms with Crippen molar-refractivity contribution in [3.8, 4) is 11.3 Å². The standard InChI is InChI=1S/C30H36F3N3O2.C24H27F3N4/c1-7-36-23(30(12-13-30)29(6,32)33)16-24(34-36)35-14-11-20-19(17-35)15-21(25-18(2)9-8-10-22(25)31)26(20)27(37)38-28(3,4)5;1-4-31-20(24(9-10-24)23(3,26)27)13-21(29-31)30-11-8-18-16(14-30)12-19(28-18)22-15(2)6-5-7-17(22)25/h8-10,15-16,26H,7,11-14,17H2,1-6H3;5-7,12-13,28H,4,8-11,14H2,1-3H3. The van der Waals surface area contributed by atoms with Crippen LogP contribution in [0, 0.1) is 31.4 Å². The van der Waals surface area contributed by atoms with Crippen molar-refractivity contribution in [2.45, 2.75) is 149 Å². The Morgan fingerprint density at radius 2 is 1.25 bits per heavy atom. The predicted octanol–water partition coefficient (Wildman–Crippen LogP) is 12.2. The molecule has 9 nitrogen and oxygen atoms in total. The topological polar surface area (TPSA) is 84.2 Å². The van der Waals surface area contributed by atoms with Gasteiger partial charge in [0.1, 0.15) is 23.2 Å². The van der Waals surface area contributed by atoms with E-state index in [2.05, 4.69) is 19.9 Å². The van der Waals surface area contributed by atoms with Gasteiger partial charge in [0, 0.05) is 94.2 Å². The first kappa shape index (κ1) is 48.3. The zero-order valence-corrected chi connectivity index (χ0v) is 41.1. The number of nitrogens with zero attached hydrogens (tertiary/aromatic N) is 6. The summed E-state index contributed by atoms with van der Waals surface area (Å²) >= 11 is 0. The van der Waals surface area contributed by atoms with E-state index >= 15 is 4.39 Å². The Kier molecular flexibility index (Phi) is 12.1. The Labute approximate surface area is 400 Å². The van der Waals surface area contributed by atoms with Crippen molar-refractivity contribution >= 4 is 23.2 Å². The second-order valence-corrected chi connectivity index (χ2v) is 20.9. The van der Waals surface area contributed by atoms with Gasteiger partial charge >= 0.3 is 5.97 Å². The van der Waals surface area contributed by atoms with E-state index in [1.165, 1.54) is 12.1 Å². The van der Waals surface area contributed by atoms with Crippen LogP contribution in [0.5, 0.6) is 0 Å². The number of aromatic nitrogens is 5. The minimum absolute atomic E-state index is 0.239. The van der Waals surface area contributed by atoms with Crippen molar-refractivity contribution in [1.29, 1.82) is 0 Å². The van der Waals surface area contributed by atoms with Crippen LogP contribution in [0.15, 0.2) is 71.8 Å². The minimum atomic E-state index is -2.82. The fourth-order valence-corrected chi connectivity index (χ4v) is 11.0. The van der Waals surface area contributed by atoms with Gasteiger partial charge in [-0.05, 0) is 132 Å². The molecule has 0 bridgehead atoms. The number of benzene rings is 2. The summed E-state index contributed by atoms with van der Waals surface area (Å²) in [6.45, 7) is 18.5. The van der Waals surface area contributed by atoms with Crippen molar-refractivity contribution in [3.05, 3.63) is 123 Å². The summed E-state index contributed by atoms with van der Waals surface area (Å²) in [5.41, 5.74) is 6.43. The van der Waals surface area contributed by atoms with Gasteiger partial charge in [-0.15, -0.1) is 0 Å². The van der Waals surface area contributed by atoms with Crippen molar-refractivity contribution < 1.29 is 35.9 Å². The lowest BCUT2D eigenvalue weighted by Crippen LogP contribution is -2.34. The molecule has 1 unspecified atom stereocenters. The molecule has 5 aliphatic rings. The van der Waals surface area contributed by atoms with Crippen LogP contribution < -0.4 is 9.80 Å². The number of ether oxygens (including phenoxy) is 1. The monoisotopic (exact) mass is 955 g/mol. The normalized spacial score (nSPS) is 19.5. The van der Waals surface area contributed by atoms with Crippen LogP contribution in [-0.4, -0.2) is 67.6 Å². The molecular weight excluding hydrogens is 893 g/mol. The molecule has 0 spiro atoms. The number of hydrogen-bond acceptors (Lipinski definition) is 6. The second kappa shape index (κ2) is 17.3. The summed E-state index contributed by atoms with van der Waals surface area (Å²) in [6, 6.07) is 15.7. The van der Waals surface area contributed by atoms with Gasteiger partial charge in [-0.25, -0.2) is 26.3 Å². The number of carbonyl (C=O) groups excluding carboxylic acids is 1. The SMILES string of the molecule is CCn1nc(N2CCC3=C(C=C(c4c(C)cccc4F)C3C(=O)OC(C)(C)C)C2)cc1C1(C(C)(F)F)CC1.CCn1nc(N2CCc3[nH]c(-c4c(C)cccc4F)cc3C2)cc1C1(C(C)(F)F)CC1. The number of carbonyl (C=O) groups is 1. The smallest absolute Gasteiger partial charge is 0.318 e. The average molecular weight is 956 g/mol. The van der Waals surface area contributed by atoms with Crippen molar-refractivity contribution in [2.75, 3.05) is 29.4 Å². The highest BCUT2D eigenvalue weighted by atomic mass is 19.3. The predicted molar refractivity (Wildman–Crippen MR) is 257 cm³/mol. The maximum Gasteiger partial charge on any atom is 0.318 e. The quantitative estimate of drug-likeness (QED) is 0.105. The lowest BCUT2D eigenvalue weighted by molar-refractivity contribution is -0.156. The summed E-state index contributed by atoms with van der Waals surface area (Å²) in [5, 5.41) is 9.39. The highest BCUT2D eigenvalue weighted by molar-refractivity contribution is 5.96. The Bertz CT molecular complexity index is 2820. The Balaban J connectivity index is 0.000000175. The summed E-state index contributed by atoms with van der Waals surface area (Å²) in [4.78, 5) is 21.0. The number of halogens is 6. The number of rotatable bonds is 11. The maximum atomic E-state index is 15.1. The molecule has 3 aliphatic carbocycles. The second-order valence-electron chi connectivity index (χ2n) is 20.9. The van der Waals surface area contributed by atoms with Crippen molar-refractivity contribution in [3.63, 3.8) is 0 Å². The van der Waals surface area contributed by atoms with Crippen molar-refractivity contribution in [1.82, 2.24) is 24.5 Å². The van der Waals surface area contributed by atoms with Crippen LogP contribution >= 0.6 is 0 Å². The van der Waals surface area contributed by atoms with E-state index in [-0.39, 0.29) is 17.6 Å². The molecule has 3 aromatic heterocycles. The van der Waals surface area contributed by atoms with Gasteiger partial charge in [-0.3, -0.25) is 14.2 Å². The summed E-state index contributed by atoms with van der Waals surface area (Å²) in [5.74, 6) is -5.87. The van der Waals surface area contributed by atoms with E-state index in [0.29, 0.717) is 98.7 Å². The van der Waals surface area contributed by atoms with Crippen molar-refractivity contribution in [2.24, 2.45) is 5.92 Å². The summed E-state index contributed by atoms with van der Waals surface area (Å²) in [7, 11) is 0. The Hall–Kier alpha value is -5.73. The van der Waals surface area contributed by atoms with E-state index in [4.69, 9.17) is 9.84 Å². The molecule has 2 aromatic carbocycles. The molecule has 15 heteroatoms. The van der Waals surface area contributed by atoms with Gasteiger partial charge in [-0.2, -0.15) is 10.2 Å². The molecule has 0 saturated heterocycles.